The SMILES string of the molecule is CCC(NCC(C)O)NCC(C)O. The highest BCUT2D eigenvalue weighted by Gasteiger charge is 2.06. The van der Waals surface area contributed by atoms with E-state index in [0.29, 0.717) is 13.1 Å². The van der Waals surface area contributed by atoms with Crippen LogP contribution in [0.1, 0.15) is 27.2 Å². The van der Waals surface area contributed by atoms with Gasteiger partial charge in [0.25, 0.3) is 0 Å². The van der Waals surface area contributed by atoms with Gasteiger partial charge in [0.1, 0.15) is 0 Å². The molecule has 0 aromatic rings. The van der Waals surface area contributed by atoms with Crippen LogP contribution in [0.4, 0.5) is 0 Å². The fraction of sp³-hybridized carbons (Fsp3) is 1.00. The third kappa shape index (κ3) is 8.18. The first kappa shape index (κ1) is 12.8. The summed E-state index contributed by atoms with van der Waals surface area (Å²) in [4.78, 5) is 0. The molecule has 0 fully saturated rings. The van der Waals surface area contributed by atoms with Gasteiger partial charge in [-0.3, -0.25) is 10.6 Å². The summed E-state index contributed by atoms with van der Waals surface area (Å²) in [7, 11) is 0. The van der Waals surface area contributed by atoms with Gasteiger partial charge in [0.2, 0.25) is 0 Å². The van der Waals surface area contributed by atoms with Crippen molar-refractivity contribution in [3.63, 3.8) is 0 Å². The minimum Gasteiger partial charge on any atom is -0.392 e. The summed E-state index contributed by atoms with van der Waals surface area (Å²) >= 11 is 0. The van der Waals surface area contributed by atoms with Gasteiger partial charge in [-0.1, -0.05) is 6.92 Å². The van der Waals surface area contributed by atoms with Gasteiger partial charge >= 0.3 is 0 Å². The van der Waals surface area contributed by atoms with Crippen molar-refractivity contribution in [3.05, 3.63) is 0 Å². The molecule has 80 valence electrons. The van der Waals surface area contributed by atoms with E-state index in [4.69, 9.17) is 10.2 Å². The molecule has 0 rings (SSSR count). The monoisotopic (exact) mass is 190 g/mol. The van der Waals surface area contributed by atoms with Crippen molar-refractivity contribution in [3.8, 4) is 0 Å². The quantitative estimate of drug-likeness (QED) is 0.415. The lowest BCUT2D eigenvalue weighted by atomic mass is 10.3. The Kier molecular flexibility index (Phi) is 7.17. The van der Waals surface area contributed by atoms with Crippen molar-refractivity contribution in [1.82, 2.24) is 10.6 Å². The van der Waals surface area contributed by atoms with Crippen LogP contribution in [0.3, 0.4) is 0 Å². The molecular weight excluding hydrogens is 168 g/mol. The van der Waals surface area contributed by atoms with Crippen molar-refractivity contribution in [2.24, 2.45) is 0 Å². The molecule has 0 aliphatic heterocycles. The van der Waals surface area contributed by atoms with Crippen LogP contribution >= 0.6 is 0 Å². The minimum atomic E-state index is -0.331. The van der Waals surface area contributed by atoms with E-state index >= 15 is 0 Å². The third-order valence-electron chi connectivity index (χ3n) is 1.73. The molecule has 0 radical (unpaired) electrons. The molecule has 0 aromatic heterocycles. The smallest absolute Gasteiger partial charge is 0.0637 e. The molecule has 4 N–H and O–H groups in total. The second-order valence-electron chi connectivity index (χ2n) is 3.48. The predicted molar refractivity (Wildman–Crippen MR) is 53.4 cm³/mol. The Morgan fingerprint density at radius 2 is 1.38 bits per heavy atom. The predicted octanol–water partition coefficient (Wildman–Crippen LogP) is -0.337. The van der Waals surface area contributed by atoms with Crippen LogP contribution in [0.2, 0.25) is 0 Å². The van der Waals surface area contributed by atoms with Gasteiger partial charge in [-0.05, 0) is 20.3 Å². The van der Waals surface area contributed by atoms with E-state index in [9.17, 15) is 0 Å². The van der Waals surface area contributed by atoms with Gasteiger partial charge in [0.05, 0.1) is 18.4 Å². The Morgan fingerprint density at radius 3 is 1.62 bits per heavy atom. The van der Waals surface area contributed by atoms with Gasteiger partial charge in [0.15, 0.2) is 0 Å². The van der Waals surface area contributed by atoms with Gasteiger partial charge in [-0.2, -0.15) is 0 Å². The highest BCUT2D eigenvalue weighted by Crippen LogP contribution is 1.88. The van der Waals surface area contributed by atoms with Gasteiger partial charge in [-0.15, -0.1) is 0 Å². The van der Waals surface area contributed by atoms with Crippen molar-refractivity contribution in [2.45, 2.75) is 45.6 Å². The van der Waals surface area contributed by atoms with Crippen LogP contribution in [0.25, 0.3) is 0 Å². The summed E-state index contributed by atoms with van der Waals surface area (Å²) in [6, 6.07) is 0. The van der Waals surface area contributed by atoms with Crippen molar-refractivity contribution in [1.29, 1.82) is 0 Å². The average Bonchev–Trinajstić information content (AvgIpc) is 2.04. The Balaban J connectivity index is 3.51. The zero-order chi connectivity index (χ0) is 10.3. The van der Waals surface area contributed by atoms with Gasteiger partial charge in [-0.25, -0.2) is 0 Å². The third-order valence-corrected chi connectivity index (χ3v) is 1.73. The Labute approximate surface area is 80.3 Å². The number of aliphatic hydroxyl groups is 2. The molecule has 0 aliphatic rings. The zero-order valence-electron chi connectivity index (χ0n) is 8.75. The number of hydrogen-bond donors (Lipinski definition) is 4. The first-order valence-electron chi connectivity index (χ1n) is 4.89. The fourth-order valence-electron chi connectivity index (χ4n) is 0.986. The van der Waals surface area contributed by atoms with Crippen LogP contribution in [0, 0.1) is 0 Å². The summed E-state index contributed by atoms with van der Waals surface area (Å²) in [6.45, 7) is 6.69. The molecule has 2 atom stereocenters. The topological polar surface area (TPSA) is 64.5 Å². The number of nitrogens with one attached hydrogen (secondary N) is 2. The van der Waals surface area contributed by atoms with Crippen LogP contribution in [0.5, 0.6) is 0 Å². The molecule has 4 heteroatoms. The Hall–Kier alpha value is -0.160. The maximum absolute atomic E-state index is 9.03. The lowest BCUT2D eigenvalue weighted by Crippen LogP contribution is -2.46. The maximum Gasteiger partial charge on any atom is 0.0637 e. The van der Waals surface area contributed by atoms with Crippen LogP contribution < -0.4 is 10.6 Å². The van der Waals surface area contributed by atoms with Crippen LogP contribution in [0.15, 0.2) is 0 Å². The zero-order valence-corrected chi connectivity index (χ0v) is 8.75. The van der Waals surface area contributed by atoms with Crippen LogP contribution in [-0.2, 0) is 0 Å². The summed E-state index contributed by atoms with van der Waals surface area (Å²) in [5, 5.41) is 24.4. The molecular formula is C9H22N2O2. The molecule has 2 unspecified atom stereocenters. The number of rotatable bonds is 7. The van der Waals surface area contributed by atoms with E-state index in [0.717, 1.165) is 6.42 Å². The molecule has 13 heavy (non-hydrogen) atoms. The fourth-order valence-corrected chi connectivity index (χ4v) is 0.986. The molecule has 0 amide bonds. The molecule has 0 saturated heterocycles. The summed E-state index contributed by atoms with van der Waals surface area (Å²) in [6.07, 6.45) is 0.438. The van der Waals surface area contributed by atoms with E-state index in [-0.39, 0.29) is 18.4 Å². The Bertz CT molecular complexity index is 106. The minimum absolute atomic E-state index is 0.171. The first-order chi connectivity index (χ1) is 6.06. The second kappa shape index (κ2) is 7.26. The van der Waals surface area contributed by atoms with Crippen LogP contribution in [-0.4, -0.2) is 41.7 Å². The van der Waals surface area contributed by atoms with E-state index in [1.165, 1.54) is 0 Å². The lowest BCUT2D eigenvalue weighted by Gasteiger charge is -2.20. The van der Waals surface area contributed by atoms with E-state index < -0.39 is 0 Å². The van der Waals surface area contributed by atoms with E-state index in [2.05, 4.69) is 17.6 Å². The molecule has 0 aromatic carbocycles. The number of hydrogen-bond acceptors (Lipinski definition) is 4. The number of aliphatic hydroxyl groups excluding tert-OH is 2. The molecule has 0 bridgehead atoms. The van der Waals surface area contributed by atoms with E-state index in [1.807, 2.05) is 0 Å². The summed E-state index contributed by atoms with van der Waals surface area (Å²) in [5.41, 5.74) is 0. The highest BCUT2D eigenvalue weighted by molar-refractivity contribution is 4.65. The maximum atomic E-state index is 9.03. The van der Waals surface area contributed by atoms with Gasteiger partial charge < -0.3 is 10.2 Å². The molecule has 0 heterocycles. The largest absolute Gasteiger partial charge is 0.392 e. The molecule has 0 spiro atoms. The average molecular weight is 190 g/mol. The highest BCUT2D eigenvalue weighted by atomic mass is 16.3. The second-order valence-corrected chi connectivity index (χ2v) is 3.48. The molecule has 0 saturated carbocycles. The first-order valence-corrected chi connectivity index (χ1v) is 4.89. The van der Waals surface area contributed by atoms with Crippen molar-refractivity contribution < 1.29 is 10.2 Å². The van der Waals surface area contributed by atoms with Crippen molar-refractivity contribution >= 4 is 0 Å². The summed E-state index contributed by atoms with van der Waals surface area (Å²) < 4.78 is 0. The molecule has 4 nitrogen and oxygen atoms in total. The van der Waals surface area contributed by atoms with E-state index in [1.54, 1.807) is 13.8 Å². The van der Waals surface area contributed by atoms with Gasteiger partial charge in [0, 0.05) is 13.1 Å². The molecule has 0 aliphatic carbocycles. The Morgan fingerprint density at radius 1 is 1.00 bits per heavy atom. The lowest BCUT2D eigenvalue weighted by molar-refractivity contribution is 0.166. The summed E-state index contributed by atoms with van der Waals surface area (Å²) in [5.74, 6) is 0. The normalized spacial score (nSPS) is 18.2. The standard InChI is InChI=1S/C9H22N2O2/c1-4-9(10-5-7(2)12)11-6-8(3)13/h7-13H,4-6H2,1-3H3. The van der Waals surface area contributed by atoms with Crippen molar-refractivity contribution in [2.75, 3.05) is 13.1 Å².